The van der Waals surface area contributed by atoms with E-state index in [-0.39, 0.29) is 6.04 Å². The Kier molecular flexibility index (Phi) is 3.17. The third-order valence-electron chi connectivity index (χ3n) is 3.19. The van der Waals surface area contributed by atoms with Gasteiger partial charge in [0.2, 0.25) is 0 Å². The molecule has 2 rings (SSSR count). The summed E-state index contributed by atoms with van der Waals surface area (Å²) in [7, 11) is 1.88. The van der Waals surface area contributed by atoms with Gasteiger partial charge in [-0.15, -0.1) is 0 Å². The molecule has 3 heteroatoms. The summed E-state index contributed by atoms with van der Waals surface area (Å²) in [4.78, 5) is 0. The summed E-state index contributed by atoms with van der Waals surface area (Å²) < 4.78 is 5.74. The van der Waals surface area contributed by atoms with Gasteiger partial charge in [0.1, 0.15) is 5.75 Å². The topological polar surface area (TPSA) is 41.5 Å². The van der Waals surface area contributed by atoms with E-state index in [0.717, 1.165) is 28.9 Å². The lowest BCUT2D eigenvalue weighted by molar-refractivity contribution is 0.130. The van der Waals surface area contributed by atoms with Crippen LogP contribution in [0.4, 0.5) is 0 Å². The van der Waals surface area contributed by atoms with Crippen molar-refractivity contribution in [2.24, 2.45) is 0 Å². The molecule has 16 heavy (non-hydrogen) atoms. The van der Waals surface area contributed by atoms with Gasteiger partial charge in [0.05, 0.1) is 12.7 Å². The monoisotopic (exact) mass is 221 g/mol. The Morgan fingerprint density at radius 1 is 1.38 bits per heavy atom. The molecule has 1 heterocycles. The molecule has 0 saturated carbocycles. The third-order valence-corrected chi connectivity index (χ3v) is 3.19. The molecule has 1 aromatic rings. The molecule has 0 bridgehead atoms. The molecule has 0 spiro atoms. The second-order valence-corrected chi connectivity index (χ2v) is 4.48. The van der Waals surface area contributed by atoms with Crippen molar-refractivity contribution in [3.63, 3.8) is 0 Å². The number of benzene rings is 1. The minimum atomic E-state index is -0.485. The summed E-state index contributed by atoms with van der Waals surface area (Å²) in [6.45, 7) is 4.72. The van der Waals surface area contributed by atoms with Crippen molar-refractivity contribution in [1.82, 2.24) is 5.32 Å². The fourth-order valence-corrected chi connectivity index (χ4v) is 2.37. The number of fused-ring (bicyclic) bond motifs is 1. The molecule has 2 atom stereocenters. The van der Waals surface area contributed by atoms with E-state index in [0.29, 0.717) is 6.61 Å². The highest BCUT2D eigenvalue weighted by molar-refractivity contribution is 5.46. The molecule has 1 aromatic carbocycles. The molecular weight excluding hydrogens is 202 g/mol. The van der Waals surface area contributed by atoms with E-state index in [4.69, 9.17) is 4.74 Å². The summed E-state index contributed by atoms with van der Waals surface area (Å²) in [6, 6.07) is 4.18. The number of hydrogen-bond acceptors (Lipinski definition) is 3. The van der Waals surface area contributed by atoms with Crippen LogP contribution >= 0.6 is 0 Å². The lowest BCUT2D eigenvalue weighted by Crippen LogP contribution is -2.32. The maximum Gasteiger partial charge on any atom is 0.128 e. The fraction of sp³-hybridized carbons (Fsp3) is 0.538. The van der Waals surface area contributed by atoms with E-state index in [1.54, 1.807) is 0 Å². The van der Waals surface area contributed by atoms with Gasteiger partial charge in [-0.25, -0.2) is 0 Å². The van der Waals surface area contributed by atoms with Crippen molar-refractivity contribution < 1.29 is 9.84 Å². The number of hydrogen-bond donors (Lipinski definition) is 2. The lowest BCUT2D eigenvalue weighted by atomic mass is 9.96. The minimum Gasteiger partial charge on any atom is -0.493 e. The van der Waals surface area contributed by atoms with Crippen LogP contribution in [0.3, 0.4) is 0 Å². The number of aliphatic hydroxyl groups excluding tert-OH is 1. The number of likely N-dealkylation sites (N-methyl/N-ethyl adjacent to an activating group) is 1. The van der Waals surface area contributed by atoms with Crippen molar-refractivity contribution >= 4 is 0 Å². The van der Waals surface area contributed by atoms with Crippen molar-refractivity contribution in [2.45, 2.75) is 32.4 Å². The minimum absolute atomic E-state index is 0.0717. The van der Waals surface area contributed by atoms with Crippen LogP contribution in [0.15, 0.2) is 12.1 Å². The van der Waals surface area contributed by atoms with Crippen LogP contribution in [0, 0.1) is 13.8 Å². The largest absolute Gasteiger partial charge is 0.493 e. The number of aliphatic hydroxyl groups is 1. The molecule has 88 valence electrons. The van der Waals surface area contributed by atoms with Crippen LogP contribution < -0.4 is 10.1 Å². The molecule has 0 unspecified atom stereocenters. The molecule has 3 nitrogen and oxygen atoms in total. The average molecular weight is 221 g/mol. The van der Waals surface area contributed by atoms with Crippen molar-refractivity contribution in [3.8, 4) is 5.75 Å². The van der Waals surface area contributed by atoms with E-state index in [9.17, 15) is 5.11 Å². The molecule has 0 aromatic heterocycles. The fourth-order valence-electron chi connectivity index (χ4n) is 2.37. The maximum atomic E-state index is 10.3. The Morgan fingerprint density at radius 3 is 2.81 bits per heavy atom. The molecule has 1 aliphatic rings. The predicted octanol–water partition coefficient (Wildman–Crippen LogP) is 1.71. The molecule has 1 aliphatic heterocycles. The van der Waals surface area contributed by atoms with Crippen LogP contribution in [-0.2, 0) is 0 Å². The van der Waals surface area contributed by atoms with E-state index < -0.39 is 6.10 Å². The maximum absolute atomic E-state index is 10.3. The molecule has 0 radical (unpaired) electrons. The molecular formula is C13H19NO2. The van der Waals surface area contributed by atoms with Gasteiger partial charge in [-0.05, 0) is 38.9 Å². The van der Waals surface area contributed by atoms with Crippen molar-refractivity contribution in [2.75, 3.05) is 13.7 Å². The van der Waals surface area contributed by atoms with E-state index in [1.807, 2.05) is 27.0 Å². The van der Waals surface area contributed by atoms with Crippen LogP contribution in [-0.4, -0.2) is 24.8 Å². The summed E-state index contributed by atoms with van der Waals surface area (Å²) in [5.74, 6) is 0.857. The average Bonchev–Trinajstić information content (AvgIpc) is 2.39. The molecule has 0 fully saturated rings. The Hall–Kier alpha value is -1.06. The highest BCUT2D eigenvalue weighted by Gasteiger charge is 2.26. The highest BCUT2D eigenvalue weighted by Crippen LogP contribution is 2.35. The van der Waals surface area contributed by atoms with Crippen LogP contribution in [0.1, 0.15) is 29.2 Å². The summed E-state index contributed by atoms with van der Waals surface area (Å²) >= 11 is 0. The predicted molar refractivity (Wildman–Crippen MR) is 63.8 cm³/mol. The third kappa shape index (κ3) is 1.93. The molecule has 0 aliphatic carbocycles. The normalized spacial score (nSPS) is 24.5. The zero-order valence-corrected chi connectivity index (χ0v) is 10.1. The van der Waals surface area contributed by atoms with E-state index in [2.05, 4.69) is 11.4 Å². The first kappa shape index (κ1) is 11.4. The Bertz CT molecular complexity index is 390. The summed E-state index contributed by atoms with van der Waals surface area (Å²) in [5, 5.41) is 13.5. The second-order valence-electron chi connectivity index (χ2n) is 4.48. The molecule has 2 N–H and O–H groups in total. The number of ether oxygens (including phenoxy) is 1. The smallest absolute Gasteiger partial charge is 0.128 e. The lowest BCUT2D eigenvalue weighted by Gasteiger charge is -2.20. The van der Waals surface area contributed by atoms with E-state index >= 15 is 0 Å². The standard InChI is InChI=1S/C13H19NO2/c1-8-6-9(2)13-10(7-8)12(15)11(14-3)4-5-16-13/h6-7,11-12,14-15H,4-5H2,1-3H3/t11-,12-/m1/s1. The Morgan fingerprint density at radius 2 is 2.12 bits per heavy atom. The first-order valence-electron chi connectivity index (χ1n) is 5.72. The van der Waals surface area contributed by atoms with E-state index in [1.165, 1.54) is 0 Å². The van der Waals surface area contributed by atoms with Gasteiger partial charge in [-0.2, -0.15) is 0 Å². The Labute approximate surface area is 96.4 Å². The zero-order chi connectivity index (χ0) is 11.7. The molecule has 0 amide bonds. The van der Waals surface area contributed by atoms with Gasteiger partial charge in [-0.1, -0.05) is 11.6 Å². The van der Waals surface area contributed by atoms with Crippen LogP contribution in [0.2, 0.25) is 0 Å². The first-order chi connectivity index (χ1) is 7.63. The van der Waals surface area contributed by atoms with Gasteiger partial charge >= 0.3 is 0 Å². The van der Waals surface area contributed by atoms with Gasteiger partial charge in [-0.3, -0.25) is 0 Å². The summed E-state index contributed by atoms with van der Waals surface area (Å²) in [5.41, 5.74) is 3.18. The second kappa shape index (κ2) is 4.44. The number of aryl methyl sites for hydroxylation is 2. The van der Waals surface area contributed by atoms with Gasteiger partial charge < -0.3 is 15.2 Å². The zero-order valence-electron chi connectivity index (χ0n) is 10.1. The van der Waals surface area contributed by atoms with Gasteiger partial charge in [0, 0.05) is 11.6 Å². The van der Waals surface area contributed by atoms with Crippen molar-refractivity contribution in [1.29, 1.82) is 0 Å². The highest BCUT2D eigenvalue weighted by atomic mass is 16.5. The van der Waals surface area contributed by atoms with Gasteiger partial charge in [0.25, 0.3) is 0 Å². The van der Waals surface area contributed by atoms with Crippen LogP contribution in [0.25, 0.3) is 0 Å². The number of rotatable bonds is 1. The van der Waals surface area contributed by atoms with Crippen molar-refractivity contribution in [3.05, 3.63) is 28.8 Å². The SMILES string of the molecule is CN[C@@H]1CCOc2c(C)cc(C)cc2[C@H]1O. The van der Waals surface area contributed by atoms with Gasteiger partial charge in [0.15, 0.2) is 0 Å². The van der Waals surface area contributed by atoms with Crippen LogP contribution in [0.5, 0.6) is 5.75 Å². The first-order valence-corrected chi connectivity index (χ1v) is 5.72. The quantitative estimate of drug-likeness (QED) is 0.758. The number of nitrogens with one attached hydrogen (secondary N) is 1. The Balaban J connectivity index is 2.48. The summed E-state index contributed by atoms with van der Waals surface area (Å²) in [6.07, 6.45) is 0.339. The molecule has 0 saturated heterocycles.